The van der Waals surface area contributed by atoms with E-state index in [1.165, 1.54) is 11.8 Å². The van der Waals surface area contributed by atoms with Crippen molar-refractivity contribution < 1.29 is 14.3 Å². The number of benzene rings is 2. The first-order valence-corrected chi connectivity index (χ1v) is 12.0. The van der Waals surface area contributed by atoms with E-state index in [1.54, 1.807) is 12.0 Å². The zero-order chi connectivity index (χ0) is 23.2. The Kier molecular flexibility index (Phi) is 7.59. The van der Waals surface area contributed by atoms with Crippen LogP contribution in [0.4, 0.5) is 0 Å². The lowest BCUT2D eigenvalue weighted by Crippen LogP contribution is -2.29. The molecule has 6 nitrogen and oxygen atoms in total. The van der Waals surface area contributed by atoms with E-state index in [-0.39, 0.29) is 5.91 Å². The third-order valence-corrected chi connectivity index (χ3v) is 6.47. The number of carbonyl (C=O) groups is 1. The zero-order valence-electron chi connectivity index (χ0n) is 18.6. The summed E-state index contributed by atoms with van der Waals surface area (Å²) in [6.45, 7) is 3.70. The first kappa shape index (κ1) is 23.2. The highest BCUT2D eigenvalue weighted by Crippen LogP contribution is 2.35. The second-order valence-corrected chi connectivity index (χ2v) is 9.03. The van der Waals surface area contributed by atoms with Gasteiger partial charge in [-0.3, -0.25) is 9.69 Å². The van der Waals surface area contributed by atoms with Crippen molar-refractivity contribution in [3.05, 3.63) is 71.3 Å². The summed E-state index contributed by atoms with van der Waals surface area (Å²) in [5.74, 6) is 0.730. The van der Waals surface area contributed by atoms with E-state index in [2.05, 4.69) is 0 Å². The number of nitrogens with zero attached hydrogens (tertiary/aromatic N) is 3. The maximum atomic E-state index is 13.0. The van der Waals surface area contributed by atoms with Gasteiger partial charge in [-0.2, -0.15) is 5.10 Å². The van der Waals surface area contributed by atoms with Crippen LogP contribution in [0.25, 0.3) is 23.0 Å². The molecule has 1 saturated heterocycles. The van der Waals surface area contributed by atoms with Crippen molar-refractivity contribution in [3.8, 4) is 22.7 Å². The molecular formula is C25H25N3O3S2. The SMILES string of the molecule is CCOc1ccc(-c2nn(-c3ccccc3)cc2C=C2SC(=S)N(CCCOC)C2=O)cc1. The van der Waals surface area contributed by atoms with E-state index < -0.39 is 0 Å². The van der Waals surface area contributed by atoms with Gasteiger partial charge in [0.15, 0.2) is 0 Å². The number of thiocarbonyl (C=S) groups is 1. The van der Waals surface area contributed by atoms with Crippen LogP contribution in [0.2, 0.25) is 0 Å². The van der Waals surface area contributed by atoms with Crippen LogP contribution in [-0.2, 0) is 9.53 Å². The molecule has 4 rings (SSSR count). The number of aromatic nitrogens is 2. The monoisotopic (exact) mass is 479 g/mol. The highest BCUT2D eigenvalue weighted by Gasteiger charge is 2.32. The molecule has 2 heterocycles. The molecule has 0 spiro atoms. The van der Waals surface area contributed by atoms with Crippen LogP contribution in [-0.4, -0.2) is 51.8 Å². The van der Waals surface area contributed by atoms with Gasteiger partial charge in [0.05, 0.1) is 22.9 Å². The normalized spacial score (nSPS) is 15.0. The zero-order valence-corrected chi connectivity index (χ0v) is 20.2. The predicted molar refractivity (Wildman–Crippen MR) is 137 cm³/mol. The second-order valence-electron chi connectivity index (χ2n) is 7.35. The molecule has 1 fully saturated rings. The minimum atomic E-state index is -0.0776. The lowest BCUT2D eigenvalue weighted by molar-refractivity contribution is -0.122. The molecule has 1 amide bonds. The summed E-state index contributed by atoms with van der Waals surface area (Å²) in [5.41, 5.74) is 3.51. The van der Waals surface area contributed by atoms with Gasteiger partial charge in [0.25, 0.3) is 5.91 Å². The Hall–Kier alpha value is -2.94. The molecule has 0 atom stereocenters. The molecule has 0 unspecified atom stereocenters. The highest BCUT2D eigenvalue weighted by atomic mass is 32.2. The van der Waals surface area contributed by atoms with Gasteiger partial charge >= 0.3 is 0 Å². The third-order valence-electron chi connectivity index (χ3n) is 5.09. The Labute approximate surface area is 203 Å². The summed E-state index contributed by atoms with van der Waals surface area (Å²) in [7, 11) is 1.65. The Morgan fingerprint density at radius 1 is 1.12 bits per heavy atom. The smallest absolute Gasteiger partial charge is 0.266 e. The summed E-state index contributed by atoms with van der Waals surface area (Å²) < 4.78 is 13.1. The van der Waals surface area contributed by atoms with Gasteiger partial charge in [-0.25, -0.2) is 4.68 Å². The standard InChI is InChI=1S/C25H25N3O3S2/c1-3-31-21-12-10-18(11-13-21)23-19(17-28(26-23)20-8-5-4-6-9-20)16-22-24(29)27(25(32)33-22)14-7-15-30-2/h4-6,8-13,16-17H,3,7,14-15H2,1-2H3. The minimum Gasteiger partial charge on any atom is -0.494 e. The van der Waals surface area contributed by atoms with Gasteiger partial charge in [0, 0.05) is 37.6 Å². The van der Waals surface area contributed by atoms with Crippen molar-refractivity contribution in [1.82, 2.24) is 14.7 Å². The number of hydrogen-bond donors (Lipinski definition) is 0. The first-order valence-electron chi connectivity index (χ1n) is 10.7. The van der Waals surface area contributed by atoms with Crippen LogP contribution in [0, 0.1) is 0 Å². The van der Waals surface area contributed by atoms with Crippen LogP contribution < -0.4 is 4.74 Å². The van der Waals surface area contributed by atoms with Crippen LogP contribution >= 0.6 is 24.0 Å². The quantitative estimate of drug-likeness (QED) is 0.240. The molecule has 8 heteroatoms. The van der Waals surface area contributed by atoms with Crippen molar-refractivity contribution in [2.75, 3.05) is 26.9 Å². The fraction of sp³-hybridized carbons (Fsp3) is 0.240. The number of hydrogen-bond acceptors (Lipinski definition) is 6. The Morgan fingerprint density at radius 2 is 1.88 bits per heavy atom. The molecule has 33 heavy (non-hydrogen) atoms. The van der Waals surface area contributed by atoms with Crippen molar-refractivity contribution in [3.63, 3.8) is 0 Å². The van der Waals surface area contributed by atoms with E-state index in [4.69, 9.17) is 26.8 Å². The van der Waals surface area contributed by atoms with Crippen molar-refractivity contribution in [2.45, 2.75) is 13.3 Å². The number of ether oxygens (including phenoxy) is 2. The molecule has 0 saturated carbocycles. The molecule has 0 aliphatic carbocycles. The van der Waals surface area contributed by atoms with Gasteiger partial charge in [-0.05, 0) is 55.8 Å². The third kappa shape index (κ3) is 5.35. The summed E-state index contributed by atoms with van der Waals surface area (Å²) in [4.78, 5) is 15.3. The fourth-order valence-electron chi connectivity index (χ4n) is 3.51. The Morgan fingerprint density at radius 3 is 2.58 bits per heavy atom. The summed E-state index contributed by atoms with van der Waals surface area (Å²) in [6.07, 6.45) is 4.56. The van der Waals surface area contributed by atoms with E-state index in [1.807, 2.05) is 78.5 Å². The average molecular weight is 480 g/mol. The molecule has 170 valence electrons. The number of para-hydroxylation sites is 1. The summed E-state index contributed by atoms with van der Waals surface area (Å²) in [6, 6.07) is 17.7. The van der Waals surface area contributed by atoms with Gasteiger partial charge in [-0.15, -0.1) is 0 Å². The molecule has 0 bridgehead atoms. The summed E-state index contributed by atoms with van der Waals surface area (Å²) in [5, 5.41) is 4.84. The number of amides is 1. The maximum Gasteiger partial charge on any atom is 0.266 e. The van der Waals surface area contributed by atoms with Crippen LogP contribution in [0.3, 0.4) is 0 Å². The Balaban J connectivity index is 1.70. The van der Waals surface area contributed by atoms with Gasteiger partial charge in [0.1, 0.15) is 10.1 Å². The highest BCUT2D eigenvalue weighted by molar-refractivity contribution is 8.26. The fourth-order valence-corrected chi connectivity index (χ4v) is 4.81. The number of thioether (sulfide) groups is 1. The molecule has 0 N–H and O–H groups in total. The molecule has 1 aliphatic heterocycles. The van der Waals surface area contributed by atoms with Crippen LogP contribution in [0.15, 0.2) is 65.7 Å². The molecule has 1 aromatic heterocycles. The second kappa shape index (κ2) is 10.8. The first-order chi connectivity index (χ1) is 16.1. The molecule has 2 aromatic carbocycles. The summed E-state index contributed by atoms with van der Waals surface area (Å²) >= 11 is 6.78. The predicted octanol–water partition coefficient (Wildman–Crippen LogP) is 5.18. The van der Waals surface area contributed by atoms with Crippen molar-refractivity contribution >= 4 is 40.3 Å². The number of methoxy groups -OCH3 is 1. The number of carbonyl (C=O) groups excluding carboxylic acids is 1. The van der Waals surface area contributed by atoms with Crippen molar-refractivity contribution in [2.24, 2.45) is 0 Å². The van der Waals surface area contributed by atoms with Gasteiger partial charge in [-0.1, -0.05) is 42.2 Å². The molecular weight excluding hydrogens is 454 g/mol. The topological polar surface area (TPSA) is 56.6 Å². The minimum absolute atomic E-state index is 0.0776. The van der Waals surface area contributed by atoms with E-state index in [9.17, 15) is 4.79 Å². The molecule has 3 aromatic rings. The lowest BCUT2D eigenvalue weighted by Gasteiger charge is -2.13. The van der Waals surface area contributed by atoms with Gasteiger partial charge < -0.3 is 9.47 Å². The largest absolute Gasteiger partial charge is 0.494 e. The van der Waals surface area contributed by atoms with E-state index >= 15 is 0 Å². The van der Waals surface area contributed by atoms with E-state index in [0.29, 0.717) is 29.0 Å². The molecule has 0 radical (unpaired) electrons. The van der Waals surface area contributed by atoms with Crippen LogP contribution in [0.5, 0.6) is 5.75 Å². The molecule has 1 aliphatic rings. The Bertz CT molecular complexity index is 1160. The van der Waals surface area contributed by atoms with E-state index in [0.717, 1.165) is 34.7 Å². The average Bonchev–Trinajstić information content (AvgIpc) is 3.37. The van der Waals surface area contributed by atoms with Gasteiger partial charge in [0.2, 0.25) is 0 Å². The number of rotatable bonds is 9. The van der Waals surface area contributed by atoms with Crippen LogP contribution in [0.1, 0.15) is 18.9 Å². The maximum absolute atomic E-state index is 13.0. The lowest BCUT2D eigenvalue weighted by atomic mass is 10.1. The van der Waals surface area contributed by atoms with Crippen molar-refractivity contribution in [1.29, 1.82) is 0 Å².